The molecule has 0 bridgehead atoms. The first kappa shape index (κ1) is 22.1. The standard InChI is InChI=1S/C24H26N2O5/c1-3-19-20(23(28)30-4-2)21(17-11-7-5-8-12-17)25-24(29)26(19)15-16-31-22(27)18-13-9-6-10-14-18/h5-14,21H,3-4,15-16H2,1-2H3,(H,25,29). The molecule has 0 aromatic heterocycles. The molecule has 0 saturated heterocycles. The first-order valence-corrected chi connectivity index (χ1v) is 10.3. The molecule has 1 aliphatic heterocycles. The van der Waals surface area contributed by atoms with Crippen LogP contribution in [0.2, 0.25) is 0 Å². The number of hydrogen-bond acceptors (Lipinski definition) is 5. The lowest BCUT2D eigenvalue weighted by atomic mass is 9.93. The third-order valence-corrected chi connectivity index (χ3v) is 4.96. The van der Waals surface area contributed by atoms with Crippen molar-refractivity contribution in [1.29, 1.82) is 0 Å². The largest absolute Gasteiger partial charge is 0.463 e. The Labute approximate surface area is 181 Å². The maximum absolute atomic E-state index is 12.9. The van der Waals surface area contributed by atoms with Crippen molar-refractivity contribution in [3.63, 3.8) is 0 Å². The van der Waals surface area contributed by atoms with Crippen LogP contribution in [0.1, 0.15) is 42.2 Å². The Hall–Kier alpha value is -3.61. The molecular formula is C24H26N2O5. The molecule has 0 saturated carbocycles. The van der Waals surface area contributed by atoms with Crippen molar-refractivity contribution in [2.75, 3.05) is 19.8 Å². The number of allylic oxidation sites excluding steroid dienone is 1. The highest BCUT2D eigenvalue weighted by Crippen LogP contribution is 2.32. The maximum Gasteiger partial charge on any atom is 0.338 e. The Bertz CT molecular complexity index is 956. The summed E-state index contributed by atoms with van der Waals surface area (Å²) < 4.78 is 10.6. The second kappa shape index (κ2) is 10.4. The Morgan fingerprint density at radius 1 is 0.935 bits per heavy atom. The topological polar surface area (TPSA) is 84.9 Å². The Balaban J connectivity index is 1.84. The number of esters is 2. The van der Waals surface area contributed by atoms with E-state index in [2.05, 4.69) is 5.32 Å². The number of carbonyl (C=O) groups is 3. The van der Waals surface area contributed by atoms with Crippen LogP contribution in [-0.4, -0.2) is 42.6 Å². The van der Waals surface area contributed by atoms with Crippen molar-refractivity contribution in [1.82, 2.24) is 10.2 Å². The monoisotopic (exact) mass is 422 g/mol. The number of rotatable bonds is 8. The molecule has 1 heterocycles. The molecule has 31 heavy (non-hydrogen) atoms. The van der Waals surface area contributed by atoms with Crippen molar-refractivity contribution in [3.05, 3.63) is 83.1 Å². The Morgan fingerprint density at radius 2 is 1.58 bits per heavy atom. The molecule has 1 aliphatic rings. The average molecular weight is 422 g/mol. The molecule has 1 atom stereocenters. The number of benzene rings is 2. The minimum Gasteiger partial charge on any atom is -0.463 e. The highest BCUT2D eigenvalue weighted by atomic mass is 16.5. The number of nitrogens with zero attached hydrogens (tertiary/aromatic N) is 1. The summed E-state index contributed by atoms with van der Waals surface area (Å²) in [6.07, 6.45) is 0.442. The minimum atomic E-state index is -0.606. The van der Waals surface area contributed by atoms with Crippen LogP contribution in [0.4, 0.5) is 4.79 Å². The zero-order valence-corrected chi connectivity index (χ0v) is 17.7. The zero-order valence-electron chi connectivity index (χ0n) is 17.7. The molecule has 7 nitrogen and oxygen atoms in total. The highest BCUT2D eigenvalue weighted by Gasteiger charge is 2.37. The van der Waals surface area contributed by atoms with E-state index in [1.54, 1.807) is 31.2 Å². The van der Waals surface area contributed by atoms with Gasteiger partial charge in [0.05, 0.1) is 30.3 Å². The maximum atomic E-state index is 12.9. The smallest absolute Gasteiger partial charge is 0.338 e. The van der Waals surface area contributed by atoms with Gasteiger partial charge in [-0.3, -0.25) is 4.90 Å². The van der Waals surface area contributed by atoms with Gasteiger partial charge in [0.25, 0.3) is 0 Å². The molecule has 0 spiro atoms. The summed E-state index contributed by atoms with van der Waals surface area (Å²) in [6, 6.07) is 17.0. The molecule has 7 heteroatoms. The fraction of sp³-hybridized carbons (Fsp3) is 0.292. The van der Waals surface area contributed by atoms with Gasteiger partial charge >= 0.3 is 18.0 Å². The summed E-state index contributed by atoms with van der Waals surface area (Å²) in [5, 5.41) is 2.89. The summed E-state index contributed by atoms with van der Waals surface area (Å²) >= 11 is 0. The average Bonchev–Trinajstić information content (AvgIpc) is 2.80. The molecule has 2 amide bonds. The molecule has 0 radical (unpaired) electrons. The number of amides is 2. The molecule has 2 aromatic rings. The molecule has 3 rings (SSSR count). The van der Waals surface area contributed by atoms with E-state index in [1.807, 2.05) is 43.3 Å². The molecule has 2 aromatic carbocycles. The van der Waals surface area contributed by atoms with E-state index in [-0.39, 0.29) is 25.8 Å². The lowest BCUT2D eigenvalue weighted by Gasteiger charge is -2.36. The van der Waals surface area contributed by atoms with Crippen LogP contribution in [-0.2, 0) is 14.3 Å². The van der Waals surface area contributed by atoms with Crippen LogP contribution >= 0.6 is 0 Å². The van der Waals surface area contributed by atoms with Gasteiger partial charge in [-0.2, -0.15) is 0 Å². The predicted molar refractivity (Wildman–Crippen MR) is 115 cm³/mol. The van der Waals surface area contributed by atoms with Crippen LogP contribution in [0.25, 0.3) is 0 Å². The van der Waals surface area contributed by atoms with Gasteiger partial charge in [0.1, 0.15) is 6.61 Å². The quantitative estimate of drug-likeness (QED) is 0.654. The van der Waals surface area contributed by atoms with Crippen LogP contribution in [0, 0.1) is 0 Å². The van der Waals surface area contributed by atoms with Crippen molar-refractivity contribution in [2.45, 2.75) is 26.3 Å². The van der Waals surface area contributed by atoms with E-state index in [9.17, 15) is 14.4 Å². The number of hydrogen-bond donors (Lipinski definition) is 1. The van der Waals surface area contributed by atoms with Crippen LogP contribution < -0.4 is 5.32 Å². The normalized spacial score (nSPS) is 16.0. The van der Waals surface area contributed by atoms with Crippen LogP contribution in [0.15, 0.2) is 71.9 Å². The van der Waals surface area contributed by atoms with E-state index in [4.69, 9.17) is 9.47 Å². The third kappa shape index (κ3) is 5.12. The van der Waals surface area contributed by atoms with E-state index >= 15 is 0 Å². The lowest BCUT2D eigenvalue weighted by molar-refractivity contribution is -0.139. The van der Waals surface area contributed by atoms with Crippen molar-refractivity contribution in [2.24, 2.45) is 0 Å². The van der Waals surface area contributed by atoms with Gasteiger partial charge in [0.2, 0.25) is 0 Å². The Kier molecular flexibility index (Phi) is 7.43. The summed E-state index contributed by atoms with van der Waals surface area (Å²) in [7, 11) is 0. The summed E-state index contributed by atoms with van der Waals surface area (Å²) in [6.45, 7) is 3.96. The highest BCUT2D eigenvalue weighted by molar-refractivity contribution is 5.95. The van der Waals surface area contributed by atoms with E-state index in [0.717, 1.165) is 5.56 Å². The van der Waals surface area contributed by atoms with Crippen molar-refractivity contribution >= 4 is 18.0 Å². The summed E-state index contributed by atoms with van der Waals surface area (Å²) in [5.41, 5.74) is 2.18. The van der Waals surface area contributed by atoms with E-state index in [1.165, 1.54) is 4.90 Å². The fourth-order valence-corrected chi connectivity index (χ4v) is 3.55. The van der Waals surface area contributed by atoms with Gasteiger partial charge in [0.15, 0.2) is 0 Å². The molecule has 1 unspecified atom stereocenters. The van der Waals surface area contributed by atoms with Gasteiger partial charge in [-0.1, -0.05) is 55.5 Å². The summed E-state index contributed by atoms with van der Waals surface area (Å²) in [4.78, 5) is 39.4. The molecule has 162 valence electrons. The van der Waals surface area contributed by atoms with E-state index in [0.29, 0.717) is 23.3 Å². The minimum absolute atomic E-state index is 0.00322. The predicted octanol–water partition coefficient (Wildman–Crippen LogP) is 3.84. The number of carbonyl (C=O) groups excluding carboxylic acids is 3. The molecular weight excluding hydrogens is 396 g/mol. The van der Waals surface area contributed by atoms with Gasteiger partial charge in [-0.25, -0.2) is 14.4 Å². The van der Waals surface area contributed by atoms with Gasteiger partial charge in [0, 0.05) is 5.70 Å². The molecule has 1 N–H and O–H groups in total. The van der Waals surface area contributed by atoms with Crippen molar-refractivity contribution < 1.29 is 23.9 Å². The van der Waals surface area contributed by atoms with Crippen LogP contribution in [0.5, 0.6) is 0 Å². The second-order valence-corrected chi connectivity index (χ2v) is 6.88. The third-order valence-electron chi connectivity index (χ3n) is 4.96. The number of nitrogens with one attached hydrogen (secondary N) is 1. The summed E-state index contributed by atoms with van der Waals surface area (Å²) in [5.74, 6) is -0.938. The van der Waals surface area contributed by atoms with Gasteiger partial charge < -0.3 is 14.8 Å². The SMILES string of the molecule is CCOC(=O)C1=C(CC)N(CCOC(=O)c2ccccc2)C(=O)NC1c1ccccc1. The zero-order chi connectivity index (χ0) is 22.2. The second-order valence-electron chi connectivity index (χ2n) is 6.88. The molecule has 0 aliphatic carbocycles. The van der Waals surface area contributed by atoms with Crippen molar-refractivity contribution in [3.8, 4) is 0 Å². The molecule has 0 fully saturated rings. The van der Waals surface area contributed by atoms with E-state index < -0.39 is 18.0 Å². The fourth-order valence-electron chi connectivity index (χ4n) is 3.55. The lowest BCUT2D eigenvalue weighted by Crippen LogP contribution is -2.49. The first-order chi connectivity index (χ1) is 15.1. The Morgan fingerprint density at radius 3 is 2.19 bits per heavy atom. The van der Waals surface area contributed by atoms with Gasteiger partial charge in [-0.15, -0.1) is 0 Å². The first-order valence-electron chi connectivity index (χ1n) is 10.3. The van der Waals surface area contributed by atoms with Gasteiger partial charge in [-0.05, 0) is 31.0 Å². The number of ether oxygens (including phenoxy) is 2. The number of urea groups is 1. The van der Waals surface area contributed by atoms with Crippen LogP contribution in [0.3, 0.4) is 0 Å².